The molecule has 6 nitrogen and oxygen atoms in total. The largest absolute Gasteiger partial charge is 0.481 e. The molecule has 0 fully saturated rings. The van der Waals surface area contributed by atoms with Crippen molar-refractivity contribution in [2.24, 2.45) is 0 Å². The first kappa shape index (κ1) is 56.0. The van der Waals surface area contributed by atoms with Crippen molar-refractivity contribution < 1.29 is 51.7 Å². The van der Waals surface area contributed by atoms with E-state index in [0.29, 0.717) is 12.8 Å². The number of unbranched alkanes of at least 4 members (excludes halogenated alkanes) is 28. The Labute approximate surface area is 308 Å². The summed E-state index contributed by atoms with van der Waals surface area (Å²) in [5, 5.41) is 32.2. The Morgan fingerprint density at radius 1 is 0.319 bits per heavy atom. The van der Waals surface area contributed by atoms with Gasteiger partial charge in [-0.1, -0.05) is 194 Å². The topological polar surface area (TPSA) is 115 Å². The van der Waals surface area contributed by atoms with Crippen LogP contribution >= 0.6 is 0 Å². The van der Waals surface area contributed by atoms with Crippen molar-refractivity contribution in [3.63, 3.8) is 0 Å². The van der Waals surface area contributed by atoms with Gasteiger partial charge < -0.3 is 20.4 Å². The Morgan fingerprint density at radius 3 is 0.574 bits per heavy atom. The molecule has 0 saturated carbocycles. The number of carboxylic acid groups (broad SMARTS) is 2. The van der Waals surface area contributed by atoms with Gasteiger partial charge in [0.25, 0.3) is 0 Å². The molecule has 284 valence electrons. The molecule has 0 amide bonds. The standard InChI is InChI=1S/2C18H36O2.2C2H6O.Ti/c2*1-2-3-4-5-6-7-8-9-10-11-12-13-14-15-16-17-18(19)20;2*1-2-3;/h2*2-17H2,1H3,(H,19,20);2*3H,2H2,1H3;. The summed E-state index contributed by atoms with van der Waals surface area (Å²) in [5.74, 6) is -1.31. The molecule has 0 atom stereocenters. The van der Waals surface area contributed by atoms with Crippen LogP contribution in [0.5, 0.6) is 0 Å². The summed E-state index contributed by atoms with van der Waals surface area (Å²) in [5.41, 5.74) is 0. The van der Waals surface area contributed by atoms with Crippen LogP contribution < -0.4 is 0 Å². The molecule has 0 radical (unpaired) electrons. The van der Waals surface area contributed by atoms with Gasteiger partial charge >= 0.3 is 11.9 Å². The van der Waals surface area contributed by atoms with E-state index in [4.69, 9.17) is 20.4 Å². The van der Waals surface area contributed by atoms with Gasteiger partial charge in [0.15, 0.2) is 0 Å². The average Bonchev–Trinajstić information content (AvgIpc) is 3.02. The summed E-state index contributed by atoms with van der Waals surface area (Å²) < 4.78 is 0. The maximum absolute atomic E-state index is 10.3. The summed E-state index contributed by atoms with van der Waals surface area (Å²) in [6, 6.07) is 0. The van der Waals surface area contributed by atoms with Gasteiger partial charge in [-0.25, -0.2) is 0 Å². The Kier molecular flexibility index (Phi) is 68.8. The van der Waals surface area contributed by atoms with Crippen molar-refractivity contribution in [3.8, 4) is 0 Å². The fraction of sp³-hybridized carbons (Fsp3) is 0.950. The molecule has 4 N–H and O–H groups in total. The number of aliphatic hydroxyl groups is 2. The van der Waals surface area contributed by atoms with Gasteiger partial charge in [0.05, 0.1) is 0 Å². The van der Waals surface area contributed by atoms with Gasteiger partial charge in [0, 0.05) is 47.8 Å². The Hall–Kier alpha value is -0.426. The first-order valence-electron chi connectivity index (χ1n) is 20.0. The van der Waals surface area contributed by atoms with Crippen LogP contribution in [0.3, 0.4) is 0 Å². The molecular weight excluding hydrogens is 624 g/mol. The minimum Gasteiger partial charge on any atom is -0.481 e. The van der Waals surface area contributed by atoms with E-state index >= 15 is 0 Å². The molecule has 0 rings (SSSR count). The predicted octanol–water partition coefficient (Wildman–Crippen LogP) is 12.7. The quantitative estimate of drug-likeness (QED) is 0.0408. The van der Waals surface area contributed by atoms with Crippen LogP contribution in [0, 0.1) is 0 Å². The molecule has 0 aliphatic heterocycles. The number of carboxylic acids is 2. The van der Waals surface area contributed by atoms with Crippen molar-refractivity contribution in [1.29, 1.82) is 0 Å². The molecule has 0 aliphatic carbocycles. The fourth-order valence-electron chi connectivity index (χ4n) is 5.30. The number of aliphatic carboxylic acids is 2. The molecule has 0 heterocycles. The third-order valence-corrected chi connectivity index (χ3v) is 7.99. The summed E-state index contributed by atoms with van der Waals surface area (Å²) in [6.45, 7) is 8.40. The summed E-state index contributed by atoms with van der Waals surface area (Å²) >= 11 is 0. The van der Waals surface area contributed by atoms with Crippen LogP contribution in [-0.2, 0) is 31.3 Å². The van der Waals surface area contributed by atoms with Crippen LogP contribution in [0.4, 0.5) is 0 Å². The number of rotatable bonds is 32. The van der Waals surface area contributed by atoms with E-state index in [9.17, 15) is 9.59 Å². The third-order valence-electron chi connectivity index (χ3n) is 7.99. The van der Waals surface area contributed by atoms with Crippen LogP contribution in [0.1, 0.15) is 233 Å². The first-order valence-corrected chi connectivity index (χ1v) is 20.0. The van der Waals surface area contributed by atoms with E-state index < -0.39 is 11.9 Å². The van der Waals surface area contributed by atoms with Crippen molar-refractivity contribution in [3.05, 3.63) is 0 Å². The minimum absolute atomic E-state index is 0. The summed E-state index contributed by atoms with van der Waals surface area (Å²) in [6.07, 6.45) is 40.4. The molecule has 0 aliphatic rings. The number of carbonyl (C=O) groups is 2. The van der Waals surface area contributed by atoms with Gasteiger partial charge in [0.2, 0.25) is 0 Å². The molecule has 47 heavy (non-hydrogen) atoms. The molecule has 0 aromatic heterocycles. The molecular formula is C40H84O6Ti. The Balaban J connectivity index is -0.000000210. The normalized spacial score (nSPS) is 10.0. The van der Waals surface area contributed by atoms with Gasteiger partial charge in [0.1, 0.15) is 0 Å². The van der Waals surface area contributed by atoms with Crippen LogP contribution in [0.25, 0.3) is 0 Å². The second-order valence-electron chi connectivity index (χ2n) is 12.8. The van der Waals surface area contributed by atoms with E-state index in [-0.39, 0.29) is 34.9 Å². The molecule has 0 spiro atoms. The van der Waals surface area contributed by atoms with Gasteiger partial charge in [-0.2, -0.15) is 0 Å². The Morgan fingerprint density at radius 2 is 0.447 bits per heavy atom. The molecule has 0 aromatic rings. The zero-order valence-corrected chi connectivity index (χ0v) is 33.7. The van der Waals surface area contributed by atoms with Crippen molar-refractivity contribution >= 4 is 11.9 Å². The number of hydrogen-bond acceptors (Lipinski definition) is 4. The maximum Gasteiger partial charge on any atom is 0.303 e. The molecule has 0 bridgehead atoms. The number of hydrogen-bond donors (Lipinski definition) is 4. The van der Waals surface area contributed by atoms with Gasteiger partial charge in [-0.15, -0.1) is 0 Å². The van der Waals surface area contributed by atoms with E-state index in [1.807, 2.05) is 0 Å². The van der Waals surface area contributed by atoms with Crippen molar-refractivity contribution in [2.45, 2.75) is 233 Å². The monoisotopic (exact) mass is 709 g/mol. The fourth-order valence-corrected chi connectivity index (χ4v) is 5.30. The van der Waals surface area contributed by atoms with Crippen LogP contribution in [0.15, 0.2) is 0 Å². The number of aliphatic hydroxyl groups excluding tert-OH is 2. The van der Waals surface area contributed by atoms with Crippen LogP contribution in [0.2, 0.25) is 0 Å². The maximum atomic E-state index is 10.3. The van der Waals surface area contributed by atoms with Gasteiger partial charge in [-0.05, 0) is 26.7 Å². The summed E-state index contributed by atoms with van der Waals surface area (Å²) in [4.78, 5) is 20.7. The second-order valence-corrected chi connectivity index (χ2v) is 12.8. The predicted molar refractivity (Wildman–Crippen MR) is 200 cm³/mol. The molecule has 7 heteroatoms. The third kappa shape index (κ3) is 76.8. The van der Waals surface area contributed by atoms with Crippen LogP contribution in [-0.4, -0.2) is 45.6 Å². The molecule has 0 saturated heterocycles. The second kappa shape index (κ2) is 57.8. The van der Waals surface area contributed by atoms with Crippen molar-refractivity contribution in [1.82, 2.24) is 0 Å². The molecule has 0 aromatic carbocycles. The van der Waals surface area contributed by atoms with E-state index in [0.717, 1.165) is 25.7 Å². The van der Waals surface area contributed by atoms with E-state index in [1.54, 1.807) is 13.8 Å². The average molecular weight is 709 g/mol. The first-order chi connectivity index (χ1) is 22.4. The molecule has 0 unspecified atom stereocenters. The zero-order chi connectivity index (χ0) is 35.2. The minimum atomic E-state index is -0.653. The smallest absolute Gasteiger partial charge is 0.303 e. The van der Waals surface area contributed by atoms with E-state index in [2.05, 4.69) is 13.8 Å². The Bertz CT molecular complexity index is 487. The van der Waals surface area contributed by atoms with Gasteiger partial charge in [-0.3, -0.25) is 9.59 Å². The summed E-state index contributed by atoms with van der Waals surface area (Å²) in [7, 11) is 0. The van der Waals surface area contributed by atoms with E-state index in [1.165, 1.54) is 167 Å². The SMILES string of the molecule is CCCCCCCCCCCCCCCCCC(=O)O.CCCCCCCCCCCCCCCCCC(=O)O.CCO.CCO.[Ti]. The zero-order valence-electron chi connectivity index (χ0n) is 32.1. The van der Waals surface area contributed by atoms with Crippen molar-refractivity contribution in [2.75, 3.05) is 13.2 Å².